The molecule has 0 fully saturated rings. The number of aliphatic hydroxyl groups excluding tert-OH is 1. The van der Waals surface area contributed by atoms with Crippen LogP contribution in [0, 0.1) is 0 Å². The minimum absolute atomic E-state index is 0.0314. The molecule has 1 aromatic carbocycles. The summed E-state index contributed by atoms with van der Waals surface area (Å²) in [5, 5.41) is 9.00. The highest BCUT2D eigenvalue weighted by molar-refractivity contribution is 5.62. The maximum absolute atomic E-state index is 9.00. The van der Waals surface area contributed by atoms with Crippen LogP contribution in [-0.2, 0) is 6.61 Å². The molecule has 0 unspecified atom stereocenters. The molecule has 2 aromatic rings. The van der Waals surface area contributed by atoms with Gasteiger partial charge in [0, 0.05) is 18.0 Å². The highest BCUT2D eigenvalue weighted by Crippen LogP contribution is 2.18. The van der Waals surface area contributed by atoms with E-state index in [2.05, 4.69) is 9.97 Å². The third kappa shape index (κ3) is 2.11. The zero-order chi connectivity index (χ0) is 10.7. The second-order valence-corrected chi connectivity index (χ2v) is 3.19. The maximum atomic E-state index is 9.00. The molecule has 15 heavy (non-hydrogen) atoms. The fraction of sp³-hybridized carbons (Fsp3) is 0.0909. The van der Waals surface area contributed by atoms with E-state index in [1.165, 1.54) is 0 Å². The molecule has 0 aliphatic carbocycles. The van der Waals surface area contributed by atoms with Crippen LogP contribution in [0.2, 0.25) is 0 Å². The molecular formula is C11H11N3O. The predicted octanol–water partition coefficient (Wildman–Crippen LogP) is 1.22. The molecular weight excluding hydrogens is 190 g/mol. The van der Waals surface area contributed by atoms with Gasteiger partial charge in [0.05, 0.1) is 6.61 Å². The molecule has 1 aromatic heterocycles. The van der Waals surface area contributed by atoms with Crippen LogP contribution in [0.3, 0.4) is 0 Å². The van der Waals surface area contributed by atoms with Gasteiger partial charge in [-0.25, -0.2) is 9.97 Å². The van der Waals surface area contributed by atoms with E-state index in [-0.39, 0.29) is 12.6 Å². The number of nitrogens with two attached hydrogens (primary N) is 1. The summed E-state index contributed by atoms with van der Waals surface area (Å²) in [6, 6.07) is 7.59. The number of hydrogen-bond donors (Lipinski definition) is 2. The molecule has 0 amide bonds. The number of nitrogens with zero attached hydrogens (tertiary/aromatic N) is 2. The van der Waals surface area contributed by atoms with Gasteiger partial charge in [0.15, 0.2) is 0 Å². The lowest BCUT2D eigenvalue weighted by molar-refractivity contribution is 0.282. The summed E-state index contributed by atoms with van der Waals surface area (Å²) in [6.07, 6.45) is 3.33. The fourth-order valence-electron chi connectivity index (χ4n) is 1.34. The first kappa shape index (κ1) is 9.61. The summed E-state index contributed by atoms with van der Waals surface area (Å²) in [4.78, 5) is 7.83. The van der Waals surface area contributed by atoms with E-state index in [4.69, 9.17) is 10.8 Å². The minimum Gasteiger partial charge on any atom is -0.392 e. The Kier molecular flexibility index (Phi) is 2.60. The Morgan fingerprint density at radius 2 is 1.87 bits per heavy atom. The van der Waals surface area contributed by atoms with Crippen molar-refractivity contribution in [3.8, 4) is 11.1 Å². The van der Waals surface area contributed by atoms with Crippen molar-refractivity contribution in [1.29, 1.82) is 0 Å². The van der Waals surface area contributed by atoms with E-state index in [1.807, 2.05) is 24.3 Å². The third-order valence-electron chi connectivity index (χ3n) is 2.11. The molecule has 0 spiro atoms. The molecule has 0 saturated carbocycles. The Balaban J connectivity index is 2.40. The van der Waals surface area contributed by atoms with Gasteiger partial charge in [0.25, 0.3) is 0 Å². The van der Waals surface area contributed by atoms with Crippen LogP contribution in [0.5, 0.6) is 0 Å². The average Bonchev–Trinajstić information content (AvgIpc) is 2.30. The molecule has 1 heterocycles. The van der Waals surface area contributed by atoms with Crippen LogP contribution in [-0.4, -0.2) is 15.1 Å². The summed E-state index contributed by atoms with van der Waals surface area (Å²) in [5.41, 5.74) is 8.13. The lowest BCUT2D eigenvalue weighted by Crippen LogP contribution is -1.93. The first-order valence-corrected chi connectivity index (χ1v) is 4.57. The zero-order valence-corrected chi connectivity index (χ0v) is 8.09. The van der Waals surface area contributed by atoms with E-state index in [1.54, 1.807) is 12.4 Å². The Morgan fingerprint density at radius 3 is 2.53 bits per heavy atom. The number of aliphatic hydroxyl groups is 1. The molecule has 0 radical (unpaired) electrons. The van der Waals surface area contributed by atoms with Gasteiger partial charge in [-0.3, -0.25) is 0 Å². The molecule has 0 bridgehead atoms. The van der Waals surface area contributed by atoms with Crippen molar-refractivity contribution in [3.05, 3.63) is 42.2 Å². The number of rotatable bonds is 2. The van der Waals surface area contributed by atoms with Crippen LogP contribution < -0.4 is 5.73 Å². The van der Waals surface area contributed by atoms with Crippen molar-refractivity contribution >= 4 is 5.95 Å². The summed E-state index contributed by atoms with van der Waals surface area (Å²) >= 11 is 0. The monoisotopic (exact) mass is 201 g/mol. The van der Waals surface area contributed by atoms with Gasteiger partial charge in [-0.2, -0.15) is 0 Å². The molecule has 0 aliphatic rings. The van der Waals surface area contributed by atoms with Crippen LogP contribution in [0.25, 0.3) is 11.1 Å². The minimum atomic E-state index is 0.0314. The zero-order valence-electron chi connectivity index (χ0n) is 8.09. The number of benzene rings is 1. The lowest BCUT2D eigenvalue weighted by atomic mass is 10.1. The molecule has 2 rings (SSSR count). The van der Waals surface area contributed by atoms with Crippen molar-refractivity contribution in [1.82, 2.24) is 9.97 Å². The molecule has 0 saturated heterocycles. The van der Waals surface area contributed by atoms with Crippen molar-refractivity contribution in [3.63, 3.8) is 0 Å². The summed E-state index contributed by atoms with van der Waals surface area (Å²) in [6.45, 7) is 0.0314. The number of nitrogen functional groups attached to an aromatic ring is 1. The Bertz CT molecular complexity index is 454. The Morgan fingerprint density at radius 1 is 1.13 bits per heavy atom. The van der Waals surface area contributed by atoms with Gasteiger partial charge in [0.1, 0.15) is 0 Å². The van der Waals surface area contributed by atoms with E-state index in [0.717, 1.165) is 16.7 Å². The highest BCUT2D eigenvalue weighted by atomic mass is 16.3. The molecule has 0 atom stereocenters. The quantitative estimate of drug-likeness (QED) is 0.766. The number of hydrogen-bond acceptors (Lipinski definition) is 4. The summed E-state index contributed by atoms with van der Waals surface area (Å²) in [7, 11) is 0. The smallest absolute Gasteiger partial charge is 0.219 e. The van der Waals surface area contributed by atoms with Gasteiger partial charge in [0.2, 0.25) is 5.95 Å². The van der Waals surface area contributed by atoms with Gasteiger partial charge < -0.3 is 10.8 Å². The average molecular weight is 201 g/mol. The SMILES string of the molecule is Nc1ncc(-c2cccc(CO)c2)cn1. The first-order chi connectivity index (χ1) is 7.29. The summed E-state index contributed by atoms with van der Waals surface area (Å²) < 4.78 is 0. The normalized spacial score (nSPS) is 10.2. The molecule has 76 valence electrons. The largest absolute Gasteiger partial charge is 0.392 e. The number of anilines is 1. The second-order valence-electron chi connectivity index (χ2n) is 3.19. The van der Waals surface area contributed by atoms with Crippen molar-refractivity contribution in [2.45, 2.75) is 6.61 Å². The van der Waals surface area contributed by atoms with E-state index < -0.39 is 0 Å². The van der Waals surface area contributed by atoms with Crippen molar-refractivity contribution in [2.75, 3.05) is 5.73 Å². The maximum Gasteiger partial charge on any atom is 0.219 e. The third-order valence-corrected chi connectivity index (χ3v) is 2.11. The molecule has 0 aliphatic heterocycles. The topological polar surface area (TPSA) is 72.0 Å². The summed E-state index contributed by atoms with van der Waals surface area (Å²) in [5.74, 6) is 0.261. The van der Waals surface area contributed by atoms with E-state index >= 15 is 0 Å². The van der Waals surface area contributed by atoms with Crippen LogP contribution >= 0.6 is 0 Å². The number of aromatic nitrogens is 2. The van der Waals surface area contributed by atoms with Crippen molar-refractivity contribution in [2.24, 2.45) is 0 Å². The van der Waals surface area contributed by atoms with Gasteiger partial charge in [-0.1, -0.05) is 18.2 Å². The van der Waals surface area contributed by atoms with E-state index in [0.29, 0.717) is 0 Å². The van der Waals surface area contributed by atoms with Crippen molar-refractivity contribution < 1.29 is 5.11 Å². The fourth-order valence-corrected chi connectivity index (χ4v) is 1.34. The van der Waals surface area contributed by atoms with Crippen LogP contribution in [0.15, 0.2) is 36.7 Å². The van der Waals surface area contributed by atoms with Gasteiger partial charge in [-0.15, -0.1) is 0 Å². The highest BCUT2D eigenvalue weighted by Gasteiger charge is 1.99. The van der Waals surface area contributed by atoms with Crippen LogP contribution in [0.4, 0.5) is 5.95 Å². The molecule has 4 heteroatoms. The molecule has 3 N–H and O–H groups in total. The standard InChI is InChI=1S/C11H11N3O/c12-11-13-5-10(6-14-11)9-3-1-2-8(4-9)7-15/h1-6,15H,7H2,(H2,12,13,14). The first-order valence-electron chi connectivity index (χ1n) is 4.57. The Hall–Kier alpha value is -1.94. The van der Waals surface area contributed by atoms with E-state index in [9.17, 15) is 0 Å². The second kappa shape index (κ2) is 4.06. The van der Waals surface area contributed by atoms with Gasteiger partial charge in [-0.05, 0) is 17.2 Å². The van der Waals surface area contributed by atoms with Gasteiger partial charge >= 0.3 is 0 Å². The predicted molar refractivity (Wildman–Crippen MR) is 57.8 cm³/mol. The Labute approximate surface area is 87.4 Å². The molecule has 4 nitrogen and oxygen atoms in total. The van der Waals surface area contributed by atoms with Crippen LogP contribution in [0.1, 0.15) is 5.56 Å². The lowest BCUT2D eigenvalue weighted by Gasteiger charge is -2.02.